The molecule has 0 unspecified atom stereocenters. The van der Waals surface area contributed by atoms with E-state index in [0.29, 0.717) is 5.69 Å². The highest BCUT2D eigenvalue weighted by molar-refractivity contribution is 8.01. The molecule has 0 aromatic heterocycles. The summed E-state index contributed by atoms with van der Waals surface area (Å²) in [6, 6.07) is 13.4. The number of imide groups is 1. The van der Waals surface area contributed by atoms with Crippen LogP contribution in [0, 0.1) is 0 Å². The fraction of sp³-hybridized carbons (Fsp3) is 0.167. The minimum absolute atomic E-state index is 0.0452. The SMILES string of the molecule is O=C(CS[C@H]1CC(=O)N(c2ccccc2)C1=O)Oc1cccc(Cl)c1Cl. The largest absolute Gasteiger partial charge is 0.424 e. The Morgan fingerprint density at radius 1 is 1.12 bits per heavy atom. The van der Waals surface area contributed by atoms with Gasteiger partial charge in [0.1, 0.15) is 5.02 Å². The van der Waals surface area contributed by atoms with Crippen LogP contribution in [-0.4, -0.2) is 28.8 Å². The molecule has 0 radical (unpaired) electrons. The van der Waals surface area contributed by atoms with E-state index < -0.39 is 11.2 Å². The number of thioether (sulfide) groups is 1. The van der Waals surface area contributed by atoms with Crippen LogP contribution in [-0.2, 0) is 14.4 Å². The van der Waals surface area contributed by atoms with Gasteiger partial charge >= 0.3 is 5.97 Å². The van der Waals surface area contributed by atoms with Crippen LogP contribution in [0.1, 0.15) is 6.42 Å². The zero-order chi connectivity index (χ0) is 18.7. The minimum atomic E-state index is -0.620. The summed E-state index contributed by atoms with van der Waals surface area (Å²) in [5.41, 5.74) is 0.527. The molecule has 2 amide bonds. The Kier molecular flexibility index (Phi) is 5.86. The number of halogens is 2. The van der Waals surface area contributed by atoms with Crippen LogP contribution in [0.5, 0.6) is 5.75 Å². The van der Waals surface area contributed by atoms with Crippen molar-refractivity contribution in [3.63, 3.8) is 0 Å². The van der Waals surface area contributed by atoms with Crippen molar-refractivity contribution in [2.24, 2.45) is 0 Å². The number of hydrogen-bond donors (Lipinski definition) is 0. The molecule has 2 aromatic rings. The van der Waals surface area contributed by atoms with Crippen molar-refractivity contribution < 1.29 is 19.1 Å². The molecule has 1 heterocycles. The van der Waals surface area contributed by atoms with Crippen LogP contribution < -0.4 is 9.64 Å². The summed E-state index contributed by atoms with van der Waals surface area (Å²) in [5, 5.41) is -0.195. The first-order valence-corrected chi connectivity index (χ1v) is 9.46. The second-order valence-corrected chi connectivity index (χ2v) is 7.41. The van der Waals surface area contributed by atoms with E-state index in [9.17, 15) is 14.4 Å². The number of nitrogens with zero attached hydrogens (tertiary/aromatic N) is 1. The smallest absolute Gasteiger partial charge is 0.321 e. The summed E-state index contributed by atoms with van der Waals surface area (Å²) in [7, 11) is 0. The van der Waals surface area contributed by atoms with Gasteiger partial charge in [0.15, 0.2) is 5.75 Å². The molecule has 1 atom stereocenters. The quantitative estimate of drug-likeness (QED) is 0.424. The standard InChI is InChI=1S/C18H13Cl2NO4S/c19-12-7-4-8-13(17(12)20)25-16(23)10-26-14-9-15(22)21(18(14)24)11-5-2-1-3-6-11/h1-8,14H,9-10H2/t14-/m0/s1. The first kappa shape index (κ1) is 18.8. The lowest BCUT2D eigenvalue weighted by molar-refractivity contribution is -0.131. The van der Waals surface area contributed by atoms with Gasteiger partial charge in [-0.2, -0.15) is 0 Å². The normalized spacial score (nSPS) is 16.8. The summed E-state index contributed by atoms with van der Waals surface area (Å²) in [6.45, 7) is 0. The Hall–Kier alpha value is -2.02. The van der Waals surface area contributed by atoms with E-state index in [4.69, 9.17) is 27.9 Å². The van der Waals surface area contributed by atoms with Crippen molar-refractivity contribution in [3.05, 3.63) is 58.6 Å². The topological polar surface area (TPSA) is 63.7 Å². The number of ether oxygens (including phenoxy) is 1. The maximum absolute atomic E-state index is 12.5. The number of anilines is 1. The zero-order valence-electron chi connectivity index (χ0n) is 13.4. The van der Waals surface area contributed by atoms with Gasteiger partial charge in [-0.05, 0) is 24.3 Å². The van der Waals surface area contributed by atoms with Crippen LogP contribution in [0.2, 0.25) is 10.0 Å². The van der Waals surface area contributed by atoms with Gasteiger partial charge in [-0.1, -0.05) is 47.5 Å². The van der Waals surface area contributed by atoms with Crippen LogP contribution in [0.15, 0.2) is 48.5 Å². The maximum atomic E-state index is 12.5. The Morgan fingerprint density at radius 3 is 2.58 bits per heavy atom. The molecule has 5 nitrogen and oxygen atoms in total. The Balaban J connectivity index is 1.60. The molecular weight excluding hydrogens is 397 g/mol. The number of carbonyl (C=O) groups excluding carboxylic acids is 3. The summed E-state index contributed by atoms with van der Waals surface area (Å²) in [6.07, 6.45) is 0.0452. The summed E-state index contributed by atoms with van der Waals surface area (Å²) in [5.74, 6) is -1.12. The fourth-order valence-electron chi connectivity index (χ4n) is 2.47. The average Bonchev–Trinajstić information content (AvgIpc) is 2.91. The number of amides is 2. The van der Waals surface area contributed by atoms with E-state index in [-0.39, 0.29) is 39.8 Å². The molecule has 134 valence electrons. The lowest BCUT2D eigenvalue weighted by atomic mass is 10.3. The van der Waals surface area contributed by atoms with Crippen molar-refractivity contribution in [3.8, 4) is 5.75 Å². The molecule has 0 saturated carbocycles. The van der Waals surface area contributed by atoms with Crippen molar-refractivity contribution >= 4 is 58.4 Å². The first-order chi connectivity index (χ1) is 12.5. The highest BCUT2D eigenvalue weighted by atomic mass is 35.5. The Morgan fingerprint density at radius 2 is 1.85 bits per heavy atom. The molecular formula is C18H13Cl2NO4S. The van der Waals surface area contributed by atoms with Crippen molar-refractivity contribution in [1.29, 1.82) is 0 Å². The van der Waals surface area contributed by atoms with Crippen molar-refractivity contribution in [1.82, 2.24) is 0 Å². The summed E-state index contributed by atoms with van der Waals surface area (Å²) in [4.78, 5) is 37.8. The Bertz CT molecular complexity index is 860. The second-order valence-electron chi connectivity index (χ2n) is 5.43. The molecule has 1 saturated heterocycles. The highest BCUT2D eigenvalue weighted by Crippen LogP contribution is 2.33. The van der Waals surface area contributed by atoms with Gasteiger partial charge < -0.3 is 4.74 Å². The molecule has 1 fully saturated rings. The van der Waals surface area contributed by atoms with Crippen LogP contribution in [0.25, 0.3) is 0 Å². The van der Waals surface area contributed by atoms with Crippen LogP contribution in [0.3, 0.4) is 0 Å². The highest BCUT2D eigenvalue weighted by Gasteiger charge is 2.40. The van der Waals surface area contributed by atoms with Crippen LogP contribution in [0.4, 0.5) is 5.69 Å². The first-order valence-electron chi connectivity index (χ1n) is 7.65. The van der Waals surface area contributed by atoms with Gasteiger partial charge in [0.05, 0.1) is 21.7 Å². The lowest BCUT2D eigenvalue weighted by Crippen LogP contribution is -2.31. The number of para-hydroxylation sites is 1. The third-order valence-corrected chi connectivity index (χ3v) is 5.64. The number of rotatable bonds is 5. The van der Waals surface area contributed by atoms with Crippen molar-refractivity contribution in [2.45, 2.75) is 11.7 Å². The lowest BCUT2D eigenvalue weighted by Gasteiger charge is -2.14. The summed E-state index contributed by atoms with van der Waals surface area (Å²) < 4.78 is 5.17. The second kappa shape index (κ2) is 8.12. The molecule has 1 aliphatic heterocycles. The summed E-state index contributed by atoms with van der Waals surface area (Å²) >= 11 is 12.9. The average molecular weight is 410 g/mol. The third-order valence-electron chi connectivity index (χ3n) is 3.66. The van der Waals surface area contributed by atoms with Crippen LogP contribution >= 0.6 is 35.0 Å². The molecule has 1 aliphatic rings. The molecule has 2 aromatic carbocycles. The molecule has 0 bridgehead atoms. The maximum Gasteiger partial charge on any atom is 0.321 e. The number of carbonyl (C=O) groups is 3. The van der Waals surface area contributed by atoms with Gasteiger partial charge in [0.25, 0.3) is 0 Å². The predicted molar refractivity (Wildman–Crippen MR) is 102 cm³/mol. The van der Waals surface area contributed by atoms with Gasteiger partial charge in [-0.3, -0.25) is 14.4 Å². The van der Waals surface area contributed by atoms with E-state index in [1.165, 1.54) is 6.07 Å². The Labute approximate surface area is 164 Å². The van der Waals surface area contributed by atoms with E-state index >= 15 is 0 Å². The molecule has 0 spiro atoms. The zero-order valence-corrected chi connectivity index (χ0v) is 15.7. The fourth-order valence-corrected chi connectivity index (χ4v) is 3.70. The van der Waals surface area contributed by atoms with Gasteiger partial charge in [-0.15, -0.1) is 11.8 Å². The number of hydrogen-bond acceptors (Lipinski definition) is 5. The molecule has 8 heteroatoms. The molecule has 26 heavy (non-hydrogen) atoms. The van der Waals surface area contributed by atoms with E-state index in [2.05, 4.69) is 0 Å². The van der Waals surface area contributed by atoms with E-state index in [1.807, 2.05) is 0 Å². The van der Waals surface area contributed by atoms with Crippen molar-refractivity contribution in [2.75, 3.05) is 10.7 Å². The predicted octanol–water partition coefficient (Wildman–Crippen LogP) is 3.96. The monoisotopic (exact) mass is 409 g/mol. The third kappa shape index (κ3) is 4.03. The van der Waals surface area contributed by atoms with E-state index in [1.54, 1.807) is 42.5 Å². The van der Waals surface area contributed by atoms with Gasteiger partial charge in [-0.25, -0.2) is 4.90 Å². The minimum Gasteiger partial charge on any atom is -0.424 e. The van der Waals surface area contributed by atoms with Gasteiger partial charge in [0, 0.05) is 6.42 Å². The molecule has 0 N–H and O–H groups in total. The molecule has 3 rings (SSSR count). The number of benzene rings is 2. The van der Waals surface area contributed by atoms with Gasteiger partial charge in [0.2, 0.25) is 11.8 Å². The number of esters is 1. The van der Waals surface area contributed by atoms with E-state index in [0.717, 1.165) is 16.7 Å². The molecule has 0 aliphatic carbocycles.